The SMILES string of the molecule is Fc1ccc(C2CCN(C(=S)Nc3c(Cl)cccc3Cl)CC2)cc1. The Morgan fingerprint density at radius 1 is 1.04 bits per heavy atom. The first-order valence-corrected chi connectivity index (χ1v) is 8.96. The van der Waals surface area contributed by atoms with Gasteiger partial charge in [-0.2, -0.15) is 0 Å². The van der Waals surface area contributed by atoms with Crippen molar-refractivity contribution in [3.05, 3.63) is 63.9 Å². The number of nitrogens with zero attached hydrogens (tertiary/aromatic N) is 1. The molecule has 1 N–H and O–H groups in total. The van der Waals surface area contributed by atoms with Gasteiger partial charge in [-0.05, 0) is 60.8 Å². The van der Waals surface area contributed by atoms with E-state index in [1.807, 2.05) is 12.1 Å². The lowest BCUT2D eigenvalue weighted by Gasteiger charge is -2.34. The highest BCUT2D eigenvalue weighted by Gasteiger charge is 2.22. The summed E-state index contributed by atoms with van der Waals surface area (Å²) in [6.45, 7) is 1.69. The predicted octanol–water partition coefficient (Wildman–Crippen LogP) is 5.71. The van der Waals surface area contributed by atoms with E-state index in [4.69, 9.17) is 35.4 Å². The van der Waals surface area contributed by atoms with Gasteiger partial charge in [0.05, 0.1) is 15.7 Å². The molecule has 0 aromatic heterocycles. The van der Waals surface area contributed by atoms with E-state index in [0.717, 1.165) is 25.9 Å². The molecule has 0 spiro atoms. The molecule has 1 aliphatic rings. The van der Waals surface area contributed by atoms with Crippen LogP contribution in [0.15, 0.2) is 42.5 Å². The molecule has 24 heavy (non-hydrogen) atoms. The second-order valence-electron chi connectivity index (χ2n) is 5.84. The maximum absolute atomic E-state index is 13.0. The smallest absolute Gasteiger partial charge is 0.173 e. The Morgan fingerprint density at radius 3 is 2.21 bits per heavy atom. The van der Waals surface area contributed by atoms with Crippen molar-refractivity contribution >= 4 is 46.2 Å². The molecule has 2 aromatic carbocycles. The van der Waals surface area contributed by atoms with Gasteiger partial charge in [0.1, 0.15) is 5.82 Å². The Balaban J connectivity index is 1.60. The monoisotopic (exact) mass is 382 g/mol. The number of likely N-dealkylation sites (tertiary alicyclic amines) is 1. The largest absolute Gasteiger partial charge is 0.349 e. The van der Waals surface area contributed by atoms with Gasteiger partial charge in [0.15, 0.2) is 5.11 Å². The zero-order valence-corrected chi connectivity index (χ0v) is 15.3. The van der Waals surface area contributed by atoms with Crippen molar-refractivity contribution in [2.24, 2.45) is 0 Å². The van der Waals surface area contributed by atoms with Crippen LogP contribution >= 0.6 is 35.4 Å². The number of thiocarbonyl (C=S) groups is 1. The summed E-state index contributed by atoms with van der Waals surface area (Å²) in [7, 11) is 0. The van der Waals surface area contributed by atoms with E-state index in [9.17, 15) is 4.39 Å². The van der Waals surface area contributed by atoms with Crippen molar-refractivity contribution in [3.63, 3.8) is 0 Å². The summed E-state index contributed by atoms with van der Waals surface area (Å²) < 4.78 is 13.0. The third kappa shape index (κ3) is 4.00. The van der Waals surface area contributed by atoms with E-state index >= 15 is 0 Å². The van der Waals surface area contributed by atoms with Crippen LogP contribution in [0.4, 0.5) is 10.1 Å². The van der Waals surface area contributed by atoms with Crippen LogP contribution in [0.3, 0.4) is 0 Å². The lowest BCUT2D eigenvalue weighted by Crippen LogP contribution is -2.40. The third-order valence-corrected chi connectivity index (χ3v) is 5.31. The summed E-state index contributed by atoms with van der Waals surface area (Å²) in [6.07, 6.45) is 1.95. The van der Waals surface area contributed by atoms with Crippen LogP contribution in [0.25, 0.3) is 0 Å². The van der Waals surface area contributed by atoms with Crippen molar-refractivity contribution in [1.82, 2.24) is 4.90 Å². The normalized spacial score (nSPS) is 15.4. The van der Waals surface area contributed by atoms with Crippen LogP contribution in [-0.4, -0.2) is 23.1 Å². The number of para-hydroxylation sites is 1. The standard InChI is InChI=1S/C18H17Cl2FN2S/c19-15-2-1-3-16(20)17(15)22-18(24)23-10-8-13(9-11-23)12-4-6-14(21)7-5-12/h1-7,13H,8-11H2,(H,22,24). The van der Waals surface area contributed by atoms with Gasteiger partial charge in [0, 0.05) is 13.1 Å². The first-order chi connectivity index (χ1) is 11.5. The lowest BCUT2D eigenvalue weighted by atomic mass is 9.89. The molecule has 1 heterocycles. The minimum atomic E-state index is -0.196. The highest BCUT2D eigenvalue weighted by molar-refractivity contribution is 7.80. The Morgan fingerprint density at radius 2 is 1.62 bits per heavy atom. The Bertz CT molecular complexity index is 708. The van der Waals surface area contributed by atoms with Crippen LogP contribution in [-0.2, 0) is 0 Å². The molecule has 0 atom stereocenters. The van der Waals surface area contributed by atoms with E-state index in [1.165, 1.54) is 17.7 Å². The minimum Gasteiger partial charge on any atom is -0.349 e. The summed E-state index contributed by atoms with van der Waals surface area (Å²) >= 11 is 17.8. The molecular formula is C18H17Cl2FN2S. The van der Waals surface area contributed by atoms with Gasteiger partial charge < -0.3 is 10.2 Å². The predicted molar refractivity (Wildman–Crippen MR) is 103 cm³/mol. The van der Waals surface area contributed by atoms with E-state index in [2.05, 4.69) is 10.2 Å². The Labute approximate surface area is 156 Å². The number of hydrogen-bond donors (Lipinski definition) is 1. The topological polar surface area (TPSA) is 15.3 Å². The molecule has 0 amide bonds. The number of rotatable bonds is 2. The summed E-state index contributed by atoms with van der Waals surface area (Å²) in [6, 6.07) is 12.1. The third-order valence-electron chi connectivity index (χ3n) is 4.32. The molecular weight excluding hydrogens is 366 g/mol. The van der Waals surface area contributed by atoms with Gasteiger partial charge in [0.2, 0.25) is 0 Å². The summed E-state index contributed by atoms with van der Waals surface area (Å²) in [4.78, 5) is 2.12. The van der Waals surface area contributed by atoms with Crippen LogP contribution < -0.4 is 5.32 Å². The van der Waals surface area contributed by atoms with Gasteiger partial charge >= 0.3 is 0 Å². The van der Waals surface area contributed by atoms with Crippen LogP contribution in [0, 0.1) is 5.82 Å². The summed E-state index contributed by atoms with van der Waals surface area (Å²) in [5.74, 6) is 0.242. The average molecular weight is 383 g/mol. The van der Waals surface area contributed by atoms with Gasteiger partial charge in [-0.1, -0.05) is 41.4 Å². The van der Waals surface area contributed by atoms with E-state index in [0.29, 0.717) is 26.8 Å². The number of anilines is 1. The van der Waals surface area contributed by atoms with Crippen LogP contribution in [0.1, 0.15) is 24.3 Å². The summed E-state index contributed by atoms with van der Waals surface area (Å²) in [5, 5.41) is 4.88. The molecule has 6 heteroatoms. The molecule has 1 aliphatic heterocycles. The fraction of sp³-hybridized carbons (Fsp3) is 0.278. The number of piperidine rings is 1. The van der Waals surface area contributed by atoms with E-state index in [-0.39, 0.29) is 5.82 Å². The molecule has 126 valence electrons. The maximum atomic E-state index is 13.0. The van der Waals surface area contributed by atoms with E-state index < -0.39 is 0 Å². The highest BCUT2D eigenvalue weighted by Crippen LogP contribution is 2.32. The van der Waals surface area contributed by atoms with Gasteiger partial charge in [-0.15, -0.1) is 0 Å². The van der Waals surface area contributed by atoms with Crippen LogP contribution in [0.5, 0.6) is 0 Å². The Hall–Kier alpha value is -1.36. The lowest BCUT2D eigenvalue weighted by molar-refractivity contribution is 0.316. The second-order valence-corrected chi connectivity index (χ2v) is 7.04. The van der Waals surface area contributed by atoms with Crippen molar-refractivity contribution in [3.8, 4) is 0 Å². The fourth-order valence-corrected chi connectivity index (χ4v) is 3.73. The van der Waals surface area contributed by atoms with Crippen LogP contribution in [0.2, 0.25) is 10.0 Å². The van der Waals surface area contributed by atoms with Gasteiger partial charge in [-0.3, -0.25) is 0 Å². The first kappa shape index (κ1) is 17.5. The van der Waals surface area contributed by atoms with Crippen molar-refractivity contribution in [2.45, 2.75) is 18.8 Å². The molecule has 0 radical (unpaired) electrons. The van der Waals surface area contributed by atoms with Crippen molar-refractivity contribution in [1.29, 1.82) is 0 Å². The fourth-order valence-electron chi connectivity index (χ4n) is 2.95. The second kappa shape index (κ2) is 7.68. The number of nitrogens with one attached hydrogen (secondary N) is 1. The minimum absolute atomic E-state index is 0.196. The molecule has 3 rings (SSSR count). The number of hydrogen-bond acceptors (Lipinski definition) is 1. The molecule has 1 saturated heterocycles. The molecule has 0 unspecified atom stereocenters. The zero-order valence-electron chi connectivity index (χ0n) is 12.9. The Kier molecular flexibility index (Phi) is 5.59. The van der Waals surface area contributed by atoms with Crippen molar-refractivity contribution in [2.75, 3.05) is 18.4 Å². The van der Waals surface area contributed by atoms with E-state index in [1.54, 1.807) is 18.2 Å². The molecule has 0 saturated carbocycles. The quantitative estimate of drug-likeness (QED) is 0.669. The number of halogens is 3. The molecule has 0 aliphatic carbocycles. The summed E-state index contributed by atoms with van der Waals surface area (Å²) in [5.41, 5.74) is 1.83. The van der Waals surface area contributed by atoms with Gasteiger partial charge in [0.25, 0.3) is 0 Å². The molecule has 2 aromatic rings. The molecule has 2 nitrogen and oxygen atoms in total. The zero-order chi connectivity index (χ0) is 17.1. The molecule has 0 bridgehead atoms. The average Bonchev–Trinajstić information content (AvgIpc) is 2.59. The first-order valence-electron chi connectivity index (χ1n) is 7.80. The molecule has 1 fully saturated rings. The van der Waals surface area contributed by atoms with Crippen molar-refractivity contribution < 1.29 is 4.39 Å². The highest BCUT2D eigenvalue weighted by atomic mass is 35.5. The maximum Gasteiger partial charge on any atom is 0.173 e. The number of benzene rings is 2. The van der Waals surface area contributed by atoms with Gasteiger partial charge in [-0.25, -0.2) is 4.39 Å².